The SMILES string of the molecule is C[C@@H]1[C@H](O)[C@@](C)(CC(=O)O)O[C@@]1(C)C(=O)O. The number of ether oxygens (including phenoxy) is 1. The monoisotopic (exact) mass is 232 g/mol. The van der Waals surface area contributed by atoms with Gasteiger partial charge in [0.2, 0.25) is 0 Å². The molecule has 0 saturated carbocycles. The average Bonchev–Trinajstić information content (AvgIpc) is 2.27. The van der Waals surface area contributed by atoms with Crippen LogP contribution in [0.5, 0.6) is 0 Å². The van der Waals surface area contributed by atoms with Crippen LogP contribution in [0.25, 0.3) is 0 Å². The average molecular weight is 232 g/mol. The molecule has 0 aromatic carbocycles. The number of aliphatic hydroxyl groups excluding tert-OH is 1. The van der Waals surface area contributed by atoms with Crippen molar-refractivity contribution < 1.29 is 29.6 Å². The van der Waals surface area contributed by atoms with Crippen LogP contribution in [0, 0.1) is 5.92 Å². The lowest BCUT2D eigenvalue weighted by molar-refractivity contribution is -0.178. The van der Waals surface area contributed by atoms with Crippen molar-refractivity contribution in [2.24, 2.45) is 5.92 Å². The molecule has 0 spiro atoms. The largest absolute Gasteiger partial charge is 0.481 e. The van der Waals surface area contributed by atoms with Crippen LogP contribution < -0.4 is 0 Å². The van der Waals surface area contributed by atoms with Crippen LogP contribution >= 0.6 is 0 Å². The maximum absolute atomic E-state index is 11.1. The van der Waals surface area contributed by atoms with Gasteiger partial charge in [-0.3, -0.25) is 4.79 Å². The van der Waals surface area contributed by atoms with E-state index >= 15 is 0 Å². The van der Waals surface area contributed by atoms with Crippen LogP contribution in [0.4, 0.5) is 0 Å². The highest BCUT2D eigenvalue weighted by molar-refractivity contribution is 5.78. The van der Waals surface area contributed by atoms with Crippen molar-refractivity contribution in [3.8, 4) is 0 Å². The summed E-state index contributed by atoms with van der Waals surface area (Å²) in [7, 11) is 0. The molecule has 1 fully saturated rings. The Balaban J connectivity index is 3.03. The Labute approximate surface area is 92.8 Å². The van der Waals surface area contributed by atoms with Gasteiger partial charge in [-0.15, -0.1) is 0 Å². The lowest BCUT2D eigenvalue weighted by Crippen LogP contribution is -2.42. The molecule has 16 heavy (non-hydrogen) atoms. The molecule has 1 heterocycles. The number of rotatable bonds is 3. The van der Waals surface area contributed by atoms with Crippen LogP contribution in [-0.4, -0.2) is 44.6 Å². The van der Waals surface area contributed by atoms with Gasteiger partial charge >= 0.3 is 11.9 Å². The summed E-state index contributed by atoms with van der Waals surface area (Å²) < 4.78 is 5.30. The zero-order chi connectivity index (χ0) is 12.7. The molecule has 0 radical (unpaired) electrons. The van der Waals surface area contributed by atoms with Crippen LogP contribution in [-0.2, 0) is 14.3 Å². The highest BCUT2D eigenvalue weighted by atomic mass is 16.6. The molecule has 6 nitrogen and oxygen atoms in total. The molecule has 0 unspecified atom stereocenters. The Morgan fingerprint density at radius 1 is 1.31 bits per heavy atom. The number of carboxylic acid groups (broad SMARTS) is 2. The van der Waals surface area contributed by atoms with E-state index in [1.165, 1.54) is 20.8 Å². The predicted octanol–water partition coefficient (Wildman–Crippen LogP) is 0.0903. The van der Waals surface area contributed by atoms with E-state index in [9.17, 15) is 14.7 Å². The molecule has 0 bridgehead atoms. The normalized spacial score (nSPS) is 43.2. The Morgan fingerprint density at radius 3 is 2.12 bits per heavy atom. The van der Waals surface area contributed by atoms with Gasteiger partial charge in [0.15, 0.2) is 5.60 Å². The summed E-state index contributed by atoms with van der Waals surface area (Å²) in [4.78, 5) is 21.7. The van der Waals surface area contributed by atoms with Gasteiger partial charge in [-0.25, -0.2) is 4.79 Å². The van der Waals surface area contributed by atoms with E-state index in [0.29, 0.717) is 0 Å². The van der Waals surface area contributed by atoms with E-state index in [4.69, 9.17) is 14.9 Å². The van der Waals surface area contributed by atoms with E-state index in [2.05, 4.69) is 0 Å². The molecule has 6 heteroatoms. The zero-order valence-corrected chi connectivity index (χ0v) is 9.43. The fourth-order valence-electron chi connectivity index (χ4n) is 2.15. The topological polar surface area (TPSA) is 104 Å². The highest BCUT2D eigenvalue weighted by Crippen LogP contribution is 2.44. The van der Waals surface area contributed by atoms with E-state index in [1.807, 2.05) is 0 Å². The smallest absolute Gasteiger partial charge is 0.336 e. The molecule has 0 aromatic heterocycles. The quantitative estimate of drug-likeness (QED) is 0.637. The van der Waals surface area contributed by atoms with Crippen LogP contribution in [0.1, 0.15) is 27.2 Å². The highest BCUT2D eigenvalue weighted by Gasteiger charge is 2.60. The molecule has 1 rings (SSSR count). The van der Waals surface area contributed by atoms with Crippen molar-refractivity contribution in [3.05, 3.63) is 0 Å². The van der Waals surface area contributed by atoms with Crippen molar-refractivity contribution >= 4 is 11.9 Å². The number of carbonyl (C=O) groups is 2. The Hall–Kier alpha value is -1.14. The lowest BCUT2D eigenvalue weighted by atomic mass is 9.83. The van der Waals surface area contributed by atoms with Crippen LogP contribution in [0.15, 0.2) is 0 Å². The molecule has 0 aliphatic carbocycles. The number of hydrogen-bond acceptors (Lipinski definition) is 4. The van der Waals surface area contributed by atoms with Gasteiger partial charge in [0.1, 0.15) is 5.60 Å². The summed E-state index contributed by atoms with van der Waals surface area (Å²) in [6.07, 6.45) is -1.55. The van der Waals surface area contributed by atoms with Gasteiger partial charge in [0.25, 0.3) is 0 Å². The van der Waals surface area contributed by atoms with E-state index < -0.39 is 41.6 Å². The number of carboxylic acids is 2. The number of aliphatic hydroxyl groups is 1. The Kier molecular flexibility index (Phi) is 3.00. The summed E-state index contributed by atoms with van der Waals surface area (Å²) in [6.45, 7) is 4.29. The number of hydrogen-bond donors (Lipinski definition) is 3. The van der Waals surface area contributed by atoms with E-state index in [1.54, 1.807) is 0 Å². The molecule has 1 saturated heterocycles. The maximum atomic E-state index is 11.1. The fourth-order valence-corrected chi connectivity index (χ4v) is 2.15. The first-order valence-corrected chi connectivity index (χ1v) is 4.97. The van der Waals surface area contributed by atoms with Crippen molar-refractivity contribution in [1.29, 1.82) is 0 Å². The summed E-state index contributed by atoms with van der Waals surface area (Å²) >= 11 is 0. The lowest BCUT2D eigenvalue weighted by Gasteiger charge is -2.27. The van der Waals surface area contributed by atoms with E-state index in [0.717, 1.165) is 0 Å². The van der Waals surface area contributed by atoms with Gasteiger partial charge in [0, 0.05) is 5.92 Å². The second-order valence-electron chi connectivity index (χ2n) is 4.63. The molecule has 3 N–H and O–H groups in total. The molecule has 1 aliphatic rings. The second-order valence-corrected chi connectivity index (χ2v) is 4.63. The molecule has 0 amide bonds. The van der Waals surface area contributed by atoms with Crippen molar-refractivity contribution in [3.63, 3.8) is 0 Å². The number of aliphatic carboxylic acids is 2. The van der Waals surface area contributed by atoms with Crippen molar-refractivity contribution in [2.45, 2.75) is 44.5 Å². The van der Waals surface area contributed by atoms with Crippen molar-refractivity contribution in [1.82, 2.24) is 0 Å². The van der Waals surface area contributed by atoms with Gasteiger partial charge in [-0.05, 0) is 13.8 Å². The minimum absolute atomic E-state index is 0.429. The minimum Gasteiger partial charge on any atom is -0.481 e. The first kappa shape index (κ1) is 12.9. The summed E-state index contributed by atoms with van der Waals surface area (Å²) in [5.74, 6) is -3.01. The Morgan fingerprint density at radius 2 is 1.81 bits per heavy atom. The molecular formula is C10H16O6. The van der Waals surface area contributed by atoms with Gasteiger partial charge in [-0.2, -0.15) is 0 Å². The molecule has 1 aliphatic heterocycles. The first-order valence-electron chi connectivity index (χ1n) is 4.97. The Bertz CT molecular complexity index is 327. The molecule has 92 valence electrons. The third-order valence-corrected chi connectivity index (χ3v) is 3.34. The standard InChI is InChI=1S/C10H16O6/c1-5-7(13)9(2,4-6(11)12)16-10(5,3)8(14)15/h5,7,13H,4H2,1-3H3,(H,11,12)(H,14,15)/t5-,7+,9-,10-/m1/s1. The van der Waals surface area contributed by atoms with E-state index in [-0.39, 0.29) is 0 Å². The third-order valence-electron chi connectivity index (χ3n) is 3.34. The summed E-state index contributed by atoms with van der Waals surface area (Å²) in [6, 6.07) is 0. The van der Waals surface area contributed by atoms with Gasteiger partial charge < -0.3 is 20.1 Å². The van der Waals surface area contributed by atoms with Crippen molar-refractivity contribution in [2.75, 3.05) is 0 Å². The minimum atomic E-state index is -1.55. The second kappa shape index (κ2) is 3.71. The third kappa shape index (κ3) is 1.78. The maximum Gasteiger partial charge on any atom is 0.336 e. The van der Waals surface area contributed by atoms with Crippen LogP contribution in [0.3, 0.4) is 0 Å². The summed E-state index contributed by atoms with van der Waals surface area (Å²) in [5.41, 5.74) is -2.91. The van der Waals surface area contributed by atoms with Gasteiger partial charge in [-0.1, -0.05) is 6.92 Å². The first-order chi connectivity index (χ1) is 7.13. The zero-order valence-electron chi connectivity index (χ0n) is 9.43. The summed E-state index contributed by atoms with van der Waals surface area (Å²) in [5, 5.41) is 27.7. The fraction of sp³-hybridized carbons (Fsp3) is 0.800. The molecule has 4 atom stereocenters. The van der Waals surface area contributed by atoms with Crippen LogP contribution in [0.2, 0.25) is 0 Å². The molecule has 0 aromatic rings. The molecular weight excluding hydrogens is 216 g/mol. The van der Waals surface area contributed by atoms with Gasteiger partial charge in [0.05, 0.1) is 12.5 Å². The predicted molar refractivity (Wildman–Crippen MR) is 53.0 cm³/mol.